The van der Waals surface area contributed by atoms with Gasteiger partial charge in [-0.25, -0.2) is 4.68 Å². The number of aromatic nitrogens is 6. The third-order valence-electron chi connectivity index (χ3n) is 4.19. The van der Waals surface area contributed by atoms with Crippen LogP contribution in [0.3, 0.4) is 0 Å². The van der Waals surface area contributed by atoms with Crippen molar-refractivity contribution in [1.82, 2.24) is 29.6 Å². The normalized spacial score (nSPS) is 15.0. The van der Waals surface area contributed by atoms with Crippen LogP contribution >= 0.6 is 0 Å². The number of hydrogen-bond donors (Lipinski definition) is 0. The first-order valence-electron chi connectivity index (χ1n) is 7.31. The van der Waals surface area contributed by atoms with Crippen LogP contribution in [0.15, 0.2) is 35.4 Å². The average Bonchev–Trinajstić information content (AvgIpc) is 2.96. The zero-order chi connectivity index (χ0) is 16.0. The Morgan fingerprint density at radius 2 is 2.00 bits per heavy atom. The Morgan fingerprint density at radius 3 is 2.78 bits per heavy atom. The number of aryl methyl sites for hydroxylation is 1. The second kappa shape index (κ2) is 5.04. The number of nitrogens with zero attached hydrogens (tertiary/aromatic N) is 8. The number of likely N-dealkylation sites (N-methyl/N-ethyl adjacent to an activating group) is 1. The van der Waals surface area contributed by atoms with Crippen LogP contribution in [0.1, 0.15) is 0 Å². The number of anilines is 2. The molecule has 0 unspecified atom stereocenters. The Balaban J connectivity index is 1.47. The van der Waals surface area contributed by atoms with Crippen LogP contribution in [-0.4, -0.2) is 55.8 Å². The van der Waals surface area contributed by atoms with E-state index in [9.17, 15) is 4.79 Å². The molecule has 3 aromatic rings. The molecule has 1 fully saturated rings. The third kappa shape index (κ3) is 2.30. The second-order valence-corrected chi connectivity index (χ2v) is 5.65. The van der Waals surface area contributed by atoms with Crippen molar-refractivity contribution in [3.63, 3.8) is 0 Å². The van der Waals surface area contributed by atoms with E-state index in [-0.39, 0.29) is 5.56 Å². The van der Waals surface area contributed by atoms with E-state index < -0.39 is 0 Å². The fraction of sp³-hybridized carbons (Fsp3) is 0.357. The molecule has 0 radical (unpaired) electrons. The molecule has 1 aliphatic rings. The highest BCUT2D eigenvalue weighted by Crippen LogP contribution is 2.23. The van der Waals surface area contributed by atoms with Gasteiger partial charge in [0.05, 0.1) is 6.04 Å². The molecule has 0 spiro atoms. The van der Waals surface area contributed by atoms with E-state index in [1.807, 2.05) is 19.2 Å². The van der Waals surface area contributed by atoms with Gasteiger partial charge in [0.1, 0.15) is 18.0 Å². The van der Waals surface area contributed by atoms with E-state index in [4.69, 9.17) is 0 Å². The summed E-state index contributed by atoms with van der Waals surface area (Å²) in [5, 5.41) is 16.6. The van der Waals surface area contributed by atoms with Crippen molar-refractivity contribution in [2.75, 3.05) is 29.9 Å². The summed E-state index contributed by atoms with van der Waals surface area (Å²) < 4.78 is 3.02. The van der Waals surface area contributed by atoms with Crippen LogP contribution < -0.4 is 15.4 Å². The molecule has 1 aliphatic heterocycles. The van der Waals surface area contributed by atoms with E-state index in [0.717, 1.165) is 30.4 Å². The summed E-state index contributed by atoms with van der Waals surface area (Å²) in [7, 11) is 3.65. The van der Waals surface area contributed by atoms with Gasteiger partial charge in [-0.2, -0.15) is 9.61 Å². The van der Waals surface area contributed by atoms with Crippen LogP contribution in [0.2, 0.25) is 0 Å². The molecule has 0 amide bonds. The van der Waals surface area contributed by atoms with Crippen LogP contribution in [0, 0.1) is 0 Å². The summed E-state index contributed by atoms with van der Waals surface area (Å²) in [5.74, 6) is 1.69. The Bertz CT molecular complexity index is 910. The fourth-order valence-electron chi connectivity index (χ4n) is 2.64. The number of fused-ring (bicyclic) bond motifs is 1. The van der Waals surface area contributed by atoms with Gasteiger partial charge in [-0.1, -0.05) is 0 Å². The quantitative estimate of drug-likeness (QED) is 0.647. The zero-order valence-electron chi connectivity index (χ0n) is 12.9. The lowest BCUT2D eigenvalue weighted by molar-refractivity contribution is 0.483. The van der Waals surface area contributed by atoms with Gasteiger partial charge in [0.15, 0.2) is 5.65 Å². The maximum absolute atomic E-state index is 11.4. The molecule has 4 rings (SSSR count). The molecule has 118 valence electrons. The van der Waals surface area contributed by atoms with Crippen molar-refractivity contribution in [3.8, 4) is 0 Å². The van der Waals surface area contributed by atoms with E-state index >= 15 is 0 Å². The largest absolute Gasteiger partial charge is 0.352 e. The Labute approximate surface area is 131 Å². The molecule has 0 N–H and O–H groups in total. The van der Waals surface area contributed by atoms with Crippen LogP contribution in [0.5, 0.6) is 0 Å². The summed E-state index contributed by atoms with van der Waals surface area (Å²) in [6.45, 7) is 1.70. The first-order chi connectivity index (χ1) is 11.1. The first-order valence-corrected chi connectivity index (χ1v) is 7.31. The lowest BCUT2D eigenvalue weighted by Crippen LogP contribution is -2.59. The molecule has 3 aromatic heterocycles. The minimum Gasteiger partial charge on any atom is -0.352 e. The standard InChI is InChI=1S/C14H16N8O/c1-19(12-5-6-14(23)20(2)17-12)10-7-21(8-10)13-4-3-11-16-15-9-22(11)18-13/h3-6,9-10H,7-8H2,1-2H3. The molecule has 9 nitrogen and oxygen atoms in total. The molecule has 4 heterocycles. The Hall–Kier alpha value is -2.97. The topological polar surface area (TPSA) is 84.5 Å². The highest BCUT2D eigenvalue weighted by Gasteiger charge is 2.32. The molecule has 9 heteroatoms. The highest BCUT2D eigenvalue weighted by molar-refractivity contribution is 5.50. The summed E-state index contributed by atoms with van der Waals surface area (Å²) in [6, 6.07) is 7.48. The smallest absolute Gasteiger partial charge is 0.266 e. The van der Waals surface area contributed by atoms with Crippen molar-refractivity contribution in [1.29, 1.82) is 0 Å². The molecule has 0 atom stereocenters. The summed E-state index contributed by atoms with van der Waals surface area (Å²) in [5.41, 5.74) is 0.626. The second-order valence-electron chi connectivity index (χ2n) is 5.65. The lowest BCUT2D eigenvalue weighted by Gasteiger charge is -2.44. The van der Waals surface area contributed by atoms with E-state index in [0.29, 0.717) is 6.04 Å². The van der Waals surface area contributed by atoms with Crippen LogP contribution in [0.4, 0.5) is 11.6 Å². The minimum atomic E-state index is -0.108. The van der Waals surface area contributed by atoms with Gasteiger partial charge >= 0.3 is 0 Å². The van der Waals surface area contributed by atoms with Gasteiger partial charge in [0, 0.05) is 33.3 Å². The van der Waals surface area contributed by atoms with Crippen LogP contribution in [-0.2, 0) is 7.05 Å². The first kappa shape index (κ1) is 13.7. The monoisotopic (exact) mass is 312 g/mol. The highest BCUT2D eigenvalue weighted by atomic mass is 16.1. The molecule has 23 heavy (non-hydrogen) atoms. The predicted molar refractivity (Wildman–Crippen MR) is 84.7 cm³/mol. The van der Waals surface area contributed by atoms with Crippen molar-refractivity contribution in [2.45, 2.75) is 6.04 Å². The van der Waals surface area contributed by atoms with E-state index in [1.54, 1.807) is 24.0 Å². The van der Waals surface area contributed by atoms with Gasteiger partial charge in [0.25, 0.3) is 5.56 Å². The SMILES string of the molecule is CN(c1ccc(=O)n(C)n1)C1CN(c2ccc3nncn3n2)C1. The summed E-state index contributed by atoms with van der Waals surface area (Å²) in [6.07, 6.45) is 1.59. The Morgan fingerprint density at radius 1 is 1.17 bits per heavy atom. The number of rotatable bonds is 3. The maximum atomic E-state index is 11.4. The fourth-order valence-corrected chi connectivity index (χ4v) is 2.64. The molecule has 0 bridgehead atoms. The average molecular weight is 312 g/mol. The maximum Gasteiger partial charge on any atom is 0.266 e. The van der Waals surface area contributed by atoms with Gasteiger partial charge in [-0.05, 0) is 18.2 Å². The van der Waals surface area contributed by atoms with E-state index in [2.05, 4.69) is 30.2 Å². The Kier molecular flexibility index (Phi) is 3.00. The van der Waals surface area contributed by atoms with Crippen molar-refractivity contribution < 1.29 is 0 Å². The minimum absolute atomic E-state index is 0.108. The third-order valence-corrected chi connectivity index (χ3v) is 4.19. The molecule has 0 saturated carbocycles. The zero-order valence-corrected chi connectivity index (χ0v) is 12.9. The molecular formula is C14H16N8O. The molecule has 1 saturated heterocycles. The van der Waals surface area contributed by atoms with Gasteiger partial charge in [-0.15, -0.1) is 15.3 Å². The van der Waals surface area contributed by atoms with Crippen molar-refractivity contribution >= 4 is 17.3 Å². The van der Waals surface area contributed by atoms with Crippen LogP contribution in [0.25, 0.3) is 5.65 Å². The van der Waals surface area contributed by atoms with E-state index in [1.165, 1.54) is 10.7 Å². The molecule has 0 aromatic carbocycles. The summed E-state index contributed by atoms with van der Waals surface area (Å²) >= 11 is 0. The lowest BCUT2D eigenvalue weighted by atomic mass is 10.1. The molecule has 0 aliphatic carbocycles. The van der Waals surface area contributed by atoms with Gasteiger partial charge in [-0.3, -0.25) is 4.79 Å². The van der Waals surface area contributed by atoms with Crippen molar-refractivity contribution in [3.05, 3.63) is 40.9 Å². The van der Waals surface area contributed by atoms with Crippen molar-refractivity contribution in [2.24, 2.45) is 7.05 Å². The summed E-state index contributed by atoms with van der Waals surface area (Å²) in [4.78, 5) is 15.7. The van der Waals surface area contributed by atoms with Gasteiger partial charge < -0.3 is 9.80 Å². The number of hydrogen-bond acceptors (Lipinski definition) is 7. The predicted octanol–water partition coefficient (Wildman–Crippen LogP) is -0.457. The van der Waals surface area contributed by atoms with Gasteiger partial charge in [0.2, 0.25) is 0 Å². The molecular weight excluding hydrogens is 296 g/mol.